The Morgan fingerprint density at radius 1 is 0.600 bits per heavy atom. The fraction of sp³-hybridized carbons (Fsp3) is 0.200. The summed E-state index contributed by atoms with van der Waals surface area (Å²) in [4.78, 5) is 0. The molecule has 0 spiro atoms. The van der Waals surface area contributed by atoms with E-state index in [1.807, 2.05) is 0 Å². The zero-order valence-corrected chi connectivity index (χ0v) is 18.3. The molecule has 30 heavy (non-hydrogen) atoms. The van der Waals surface area contributed by atoms with E-state index in [4.69, 9.17) is 0 Å². The monoisotopic (exact) mass is 388 g/mol. The van der Waals surface area contributed by atoms with Crippen molar-refractivity contribution in [1.29, 1.82) is 0 Å². The Morgan fingerprint density at radius 3 is 2.00 bits per heavy atom. The van der Waals surface area contributed by atoms with Gasteiger partial charge in [-0.3, -0.25) is 0 Å². The predicted molar refractivity (Wildman–Crippen MR) is 128 cm³/mol. The second-order valence-corrected chi connectivity index (χ2v) is 9.20. The Balaban J connectivity index is 1.56. The van der Waals surface area contributed by atoms with Crippen molar-refractivity contribution in [3.05, 3.63) is 118 Å². The molecule has 1 aliphatic carbocycles. The maximum absolute atomic E-state index is 2.44. The van der Waals surface area contributed by atoms with Gasteiger partial charge in [-0.15, -0.1) is 0 Å². The Kier molecular flexibility index (Phi) is 4.40. The van der Waals surface area contributed by atoms with Crippen LogP contribution >= 0.6 is 0 Å². The third-order valence-electron chi connectivity index (χ3n) is 6.74. The predicted octanol–water partition coefficient (Wildman–Crippen LogP) is 7.87. The number of hydrogen-bond donors (Lipinski definition) is 0. The molecule has 0 saturated carbocycles. The highest BCUT2D eigenvalue weighted by molar-refractivity contribution is 5.81. The number of rotatable bonds is 3. The third-order valence-corrected chi connectivity index (χ3v) is 6.74. The average molecular weight is 389 g/mol. The first-order valence-electron chi connectivity index (χ1n) is 10.8. The van der Waals surface area contributed by atoms with Crippen molar-refractivity contribution in [2.45, 2.75) is 39.5 Å². The van der Waals surface area contributed by atoms with Crippen LogP contribution in [-0.2, 0) is 11.8 Å². The van der Waals surface area contributed by atoms with E-state index in [9.17, 15) is 0 Å². The van der Waals surface area contributed by atoms with Gasteiger partial charge in [0.2, 0.25) is 0 Å². The van der Waals surface area contributed by atoms with E-state index in [-0.39, 0.29) is 5.41 Å². The van der Waals surface area contributed by atoms with Crippen molar-refractivity contribution in [2.24, 2.45) is 0 Å². The highest BCUT2D eigenvalue weighted by atomic mass is 14.4. The molecule has 0 heteroatoms. The molecule has 0 amide bonds. The molecule has 0 heterocycles. The first-order valence-corrected chi connectivity index (χ1v) is 10.8. The zero-order chi connectivity index (χ0) is 20.9. The highest BCUT2D eigenvalue weighted by Gasteiger charge is 2.35. The van der Waals surface area contributed by atoms with Crippen LogP contribution < -0.4 is 0 Å². The van der Waals surface area contributed by atoms with E-state index in [1.165, 1.54) is 55.6 Å². The van der Waals surface area contributed by atoms with Crippen LogP contribution in [0.2, 0.25) is 0 Å². The Bertz CT molecular complexity index is 1260. The second-order valence-electron chi connectivity index (χ2n) is 9.20. The van der Waals surface area contributed by atoms with E-state index in [2.05, 4.69) is 113 Å². The smallest absolute Gasteiger partial charge is 0.0159 e. The summed E-state index contributed by atoms with van der Waals surface area (Å²) in [6, 6.07) is 31.5. The van der Waals surface area contributed by atoms with E-state index in [0.717, 1.165) is 6.42 Å². The molecule has 0 saturated heterocycles. The van der Waals surface area contributed by atoms with Gasteiger partial charge in [0.1, 0.15) is 0 Å². The summed E-state index contributed by atoms with van der Waals surface area (Å²) in [6.45, 7) is 9.11. The molecule has 0 atom stereocenters. The molecule has 0 unspecified atom stereocenters. The summed E-state index contributed by atoms with van der Waals surface area (Å²) in [5.41, 5.74) is 13.8. The highest BCUT2D eigenvalue weighted by Crippen LogP contribution is 2.49. The molecular weight excluding hydrogens is 360 g/mol. The number of aryl methyl sites for hydroxylation is 2. The first-order chi connectivity index (χ1) is 14.4. The summed E-state index contributed by atoms with van der Waals surface area (Å²) in [7, 11) is 0. The minimum Gasteiger partial charge on any atom is -0.0620 e. The SMILES string of the molecule is Cc1ccc2c(c1)C(C)(C)c1cc(Cc3ccccc3-c3ccccc3C)ccc1-2. The Hall–Kier alpha value is -3.12. The summed E-state index contributed by atoms with van der Waals surface area (Å²) in [5, 5.41) is 0. The van der Waals surface area contributed by atoms with Gasteiger partial charge >= 0.3 is 0 Å². The molecule has 4 aromatic rings. The minimum atomic E-state index is 0.0439. The largest absolute Gasteiger partial charge is 0.0620 e. The second kappa shape index (κ2) is 6.99. The first kappa shape index (κ1) is 18.9. The van der Waals surface area contributed by atoms with E-state index < -0.39 is 0 Å². The van der Waals surface area contributed by atoms with Gasteiger partial charge in [-0.25, -0.2) is 0 Å². The normalized spacial score (nSPS) is 13.7. The molecule has 4 aromatic carbocycles. The lowest BCUT2D eigenvalue weighted by Crippen LogP contribution is -2.15. The Morgan fingerprint density at radius 2 is 1.23 bits per heavy atom. The molecule has 5 rings (SSSR count). The van der Waals surface area contributed by atoms with Gasteiger partial charge in [-0.1, -0.05) is 104 Å². The summed E-state index contributed by atoms with van der Waals surface area (Å²) < 4.78 is 0. The van der Waals surface area contributed by atoms with Gasteiger partial charge in [0, 0.05) is 5.41 Å². The molecule has 0 radical (unpaired) electrons. The van der Waals surface area contributed by atoms with Gasteiger partial charge in [0.05, 0.1) is 0 Å². The van der Waals surface area contributed by atoms with Crippen LogP contribution in [0.25, 0.3) is 22.3 Å². The van der Waals surface area contributed by atoms with E-state index >= 15 is 0 Å². The van der Waals surface area contributed by atoms with Gasteiger partial charge in [-0.05, 0) is 70.3 Å². The molecule has 0 nitrogen and oxygen atoms in total. The molecule has 1 aliphatic rings. The molecule has 0 fully saturated rings. The minimum absolute atomic E-state index is 0.0439. The van der Waals surface area contributed by atoms with Crippen LogP contribution in [0, 0.1) is 13.8 Å². The molecule has 0 N–H and O–H groups in total. The van der Waals surface area contributed by atoms with Crippen LogP contribution in [0.3, 0.4) is 0 Å². The molecule has 0 aliphatic heterocycles. The van der Waals surface area contributed by atoms with Crippen molar-refractivity contribution < 1.29 is 0 Å². The number of fused-ring (bicyclic) bond motifs is 3. The van der Waals surface area contributed by atoms with Crippen LogP contribution in [0.1, 0.15) is 47.2 Å². The number of hydrogen-bond acceptors (Lipinski definition) is 0. The molecule has 0 aromatic heterocycles. The van der Waals surface area contributed by atoms with E-state index in [0.29, 0.717) is 0 Å². The van der Waals surface area contributed by atoms with Crippen LogP contribution in [0.5, 0.6) is 0 Å². The van der Waals surface area contributed by atoms with Crippen molar-refractivity contribution >= 4 is 0 Å². The van der Waals surface area contributed by atoms with Crippen LogP contribution in [0.4, 0.5) is 0 Å². The fourth-order valence-corrected chi connectivity index (χ4v) is 5.04. The van der Waals surface area contributed by atoms with Crippen molar-refractivity contribution in [1.82, 2.24) is 0 Å². The maximum Gasteiger partial charge on any atom is 0.0159 e. The van der Waals surface area contributed by atoms with Crippen molar-refractivity contribution in [3.63, 3.8) is 0 Å². The van der Waals surface area contributed by atoms with Crippen LogP contribution in [-0.4, -0.2) is 0 Å². The van der Waals surface area contributed by atoms with Crippen molar-refractivity contribution in [3.8, 4) is 22.3 Å². The molecule has 0 bridgehead atoms. The van der Waals surface area contributed by atoms with Gasteiger partial charge in [0.15, 0.2) is 0 Å². The summed E-state index contributed by atoms with van der Waals surface area (Å²) in [6.07, 6.45) is 0.948. The topological polar surface area (TPSA) is 0 Å². The zero-order valence-electron chi connectivity index (χ0n) is 18.3. The Labute approximate surface area is 180 Å². The van der Waals surface area contributed by atoms with Gasteiger partial charge in [-0.2, -0.15) is 0 Å². The summed E-state index contributed by atoms with van der Waals surface area (Å²) in [5.74, 6) is 0. The molecular formula is C30H28. The van der Waals surface area contributed by atoms with E-state index in [1.54, 1.807) is 0 Å². The fourth-order valence-electron chi connectivity index (χ4n) is 5.04. The van der Waals surface area contributed by atoms with Crippen molar-refractivity contribution in [2.75, 3.05) is 0 Å². The average Bonchev–Trinajstić information content (AvgIpc) is 2.96. The standard InChI is InChI=1S/C30H28/c1-20-13-15-26-27-16-14-22(19-29(27)30(3,4)28(26)17-20)18-23-10-6-8-12-25(23)24-11-7-5-9-21(24)2/h5-17,19H,18H2,1-4H3. The van der Waals surface area contributed by atoms with Crippen LogP contribution in [0.15, 0.2) is 84.9 Å². The summed E-state index contributed by atoms with van der Waals surface area (Å²) >= 11 is 0. The van der Waals surface area contributed by atoms with Gasteiger partial charge < -0.3 is 0 Å². The number of benzene rings is 4. The lowest BCUT2D eigenvalue weighted by molar-refractivity contribution is 0.659. The van der Waals surface area contributed by atoms with Gasteiger partial charge in [0.25, 0.3) is 0 Å². The maximum atomic E-state index is 2.44. The lowest BCUT2D eigenvalue weighted by atomic mass is 9.81. The quantitative estimate of drug-likeness (QED) is 0.335. The third kappa shape index (κ3) is 2.99. The molecule has 148 valence electrons. The lowest BCUT2D eigenvalue weighted by Gasteiger charge is -2.22.